The van der Waals surface area contributed by atoms with Crippen molar-refractivity contribution in [2.45, 2.75) is 36.7 Å². The highest BCUT2D eigenvalue weighted by atomic mass is 16.5. The molecule has 1 fully saturated rings. The van der Waals surface area contributed by atoms with Gasteiger partial charge in [-0.25, -0.2) is 4.79 Å². The van der Waals surface area contributed by atoms with Crippen molar-refractivity contribution in [1.82, 2.24) is 4.90 Å². The fraction of sp³-hybridized carbons (Fsp3) is 0.182. The number of aliphatic hydroxyl groups excluding tert-OH is 1. The second kappa shape index (κ2) is 14.5. The first kappa shape index (κ1) is 33.0. The molecule has 1 saturated heterocycles. The summed E-state index contributed by atoms with van der Waals surface area (Å²) >= 11 is 0. The molecule has 6 heteroatoms. The topological polar surface area (TPSA) is 87.1 Å². The Kier molecular flexibility index (Phi) is 9.56. The third-order valence-electron chi connectivity index (χ3n) is 10.3. The predicted octanol–water partition coefficient (Wildman–Crippen LogP) is 8.21. The molecule has 0 spiro atoms. The summed E-state index contributed by atoms with van der Waals surface area (Å²) in [5, 5.41) is 22.9. The van der Waals surface area contributed by atoms with Crippen LogP contribution in [-0.4, -0.2) is 46.2 Å². The van der Waals surface area contributed by atoms with Crippen LogP contribution < -0.4 is 0 Å². The first-order valence-corrected chi connectivity index (χ1v) is 16.9. The molecule has 1 heterocycles. The summed E-state index contributed by atoms with van der Waals surface area (Å²) in [7, 11) is 0. The molecule has 2 N–H and O–H groups in total. The molecule has 7 rings (SSSR count). The third kappa shape index (κ3) is 6.09. The van der Waals surface area contributed by atoms with Gasteiger partial charge in [0, 0.05) is 18.4 Å². The first-order chi connectivity index (χ1) is 24.5. The second-order valence-corrected chi connectivity index (χ2v) is 13.0. The van der Waals surface area contributed by atoms with Crippen molar-refractivity contribution >= 4 is 23.2 Å². The van der Waals surface area contributed by atoms with Crippen LogP contribution in [0.3, 0.4) is 0 Å². The fourth-order valence-corrected chi connectivity index (χ4v) is 8.06. The van der Waals surface area contributed by atoms with E-state index in [9.17, 15) is 19.8 Å². The van der Waals surface area contributed by atoms with E-state index in [1.165, 1.54) is 4.90 Å². The van der Waals surface area contributed by atoms with E-state index in [4.69, 9.17) is 4.74 Å². The van der Waals surface area contributed by atoms with Gasteiger partial charge in [-0.2, -0.15) is 0 Å². The summed E-state index contributed by atoms with van der Waals surface area (Å²) in [6.45, 7) is 0.141. The van der Waals surface area contributed by atoms with Crippen molar-refractivity contribution in [2.75, 3.05) is 6.54 Å². The lowest BCUT2D eigenvalue weighted by Crippen LogP contribution is -2.62. The number of likely N-dealkylation sites (tertiary alicyclic amines) is 1. The van der Waals surface area contributed by atoms with Gasteiger partial charge in [0.05, 0.1) is 24.7 Å². The average Bonchev–Trinajstić information content (AvgIpc) is 3.18. The zero-order valence-corrected chi connectivity index (χ0v) is 27.6. The van der Waals surface area contributed by atoms with Gasteiger partial charge in [-0.3, -0.25) is 4.90 Å². The van der Waals surface area contributed by atoms with Crippen molar-refractivity contribution in [3.05, 3.63) is 191 Å². The summed E-state index contributed by atoms with van der Waals surface area (Å²) in [4.78, 5) is 27.5. The molecule has 0 aromatic heterocycles. The molecule has 6 nitrogen and oxygen atoms in total. The van der Waals surface area contributed by atoms with Gasteiger partial charge in [-0.15, -0.1) is 0 Å². The van der Waals surface area contributed by atoms with Crippen molar-refractivity contribution in [2.24, 2.45) is 5.92 Å². The quantitative estimate of drug-likeness (QED) is 0.114. The zero-order valence-electron chi connectivity index (χ0n) is 27.6. The Hall–Kier alpha value is -5.56. The largest absolute Gasteiger partial charge is 0.465 e. The number of nitrogens with zero attached hydrogens (tertiary/aromatic N) is 1. The van der Waals surface area contributed by atoms with E-state index in [0.29, 0.717) is 0 Å². The lowest BCUT2D eigenvalue weighted by molar-refractivity contribution is -0.127. The fourth-order valence-electron chi connectivity index (χ4n) is 8.06. The van der Waals surface area contributed by atoms with Crippen molar-refractivity contribution < 1.29 is 24.5 Å². The van der Waals surface area contributed by atoms with E-state index < -0.39 is 35.5 Å². The van der Waals surface area contributed by atoms with Gasteiger partial charge in [-0.05, 0) is 50.2 Å². The molecule has 50 heavy (non-hydrogen) atoms. The van der Waals surface area contributed by atoms with Gasteiger partial charge in [0.1, 0.15) is 12.3 Å². The Bertz CT molecular complexity index is 1950. The van der Waals surface area contributed by atoms with Crippen LogP contribution in [0, 0.1) is 5.92 Å². The molecular formula is C44H39NO5. The first-order valence-electron chi connectivity index (χ1n) is 16.9. The standard InChI is InChI=1S/C44H39NO5/c46-28-31-20-24-34(25-21-31)41-39(44(36-14-4-1-5-15-36,37-16-6-2-7-17-37)38-18-8-3-9-19-38)27-45(43(48)49)40(29-47)42(41)50-30-32-22-23-33-12-10-11-13-35(33)26-32/h1-26,29,39-42,46H,27-28,30H2,(H,48,49). The minimum atomic E-state index is -1.18. The number of piperidine rings is 1. The highest BCUT2D eigenvalue weighted by Gasteiger charge is 2.56. The van der Waals surface area contributed by atoms with E-state index in [-0.39, 0.29) is 19.8 Å². The van der Waals surface area contributed by atoms with Gasteiger partial charge >= 0.3 is 6.09 Å². The number of carbonyl (C=O) groups excluding carboxylic acids is 1. The van der Waals surface area contributed by atoms with Gasteiger partial charge < -0.3 is 19.7 Å². The molecule has 1 aliphatic heterocycles. The normalized spacial score (nSPS) is 19.3. The average molecular weight is 662 g/mol. The molecule has 6 aromatic rings. The Morgan fingerprint density at radius 2 is 1.22 bits per heavy atom. The second-order valence-electron chi connectivity index (χ2n) is 13.0. The number of rotatable bonds is 10. The van der Waals surface area contributed by atoms with Crippen LogP contribution in [0.1, 0.15) is 39.3 Å². The third-order valence-corrected chi connectivity index (χ3v) is 10.3. The minimum Gasteiger partial charge on any atom is -0.465 e. The highest BCUT2D eigenvalue weighted by molar-refractivity contribution is 5.83. The number of ether oxygens (including phenoxy) is 1. The molecule has 0 aliphatic carbocycles. The molecule has 0 radical (unpaired) electrons. The summed E-state index contributed by atoms with van der Waals surface area (Å²) in [5.74, 6) is -0.891. The molecular weight excluding hydrogens is 622 g/mol. The van der Waals surface area contributed by atoms with Gasteiger partial charge in [0.2, 0.25) is 0 Å². The number of carbonyl (C=O) groups is 2. The molecule has 4 atom stereocenters. The molecule has 1 amide bonds. The maximum absolute atomic E-state index is 13.2. The van der Waals surface area contributed by atoms with Gasteiger partial charge in [0.25, 0.3) is 0 Å². The van der Waals surface area contributed by atoms with E-state index in [1.54, 1.807) is 0 Å². The van der Waals surface area contributed by atoms with Crippen LogP contribution in [0.15, 0.2) is 158 Å². The Morgan fingerprint density at radius 1 is 0.700 bits per heavy atom. The SMILES string of the molecule is O=CC1C(OCc2ccc3ccccc3c2)C(c2ccc(CO)cc2)C(C(c2ccccc2)(c2ccccc2)c2ccccc2)CN1C(=O)O. The number of hydrogen-bond donors (Lipinski definition) is 2. The molecule has 1 aliphatic rings. The summed E-state index contributed by atoms with van der Waals surface area (Å²) in [5.41, 5.74) is 4.73. The summed E-state index contributed by atoms with van der Waals surface area (Å²) < 4.78 is 6.87. The molecule has 0 bridgehead atoms. The minimum absolute atomic E-state index is 0.0691. The zero-order chi connectivity index (χ0) is 34.5. The molecule has 250 valence electrons. The number of amides is 1. The highest BCUT2D eigenvalue weighted by Crippen LogP contribution is 2.54. The molecule has 6 aromatic carbocycles. The summed E-state index contributed by atoms with van der Waals surface area (Å²) in [6, 6.07) is 51.6. The van der Waals surface area contributed by atoms with Crippen molar-refractivity contribution in [3.63, 3.8) is 0 Å². The van der Waals surface area contributed by atoms with Crippen molar-refractivity contribution in [1.29, 1.82) is 0 Å². The van der Waals surface area contributed by atoms with E-state index in [1.807, 2.05) is 97.1 Å². The number of benzene rings is 6. The van der Waals surface area contributed by atoms with Gasteiger partial charge in [-0.1, -0.05) is 152 Å². The van der Waals surface area contributed by atoms with Crippen LogP contribution in [0.5, 0.6) is 0 Å². The van der Waals surface area contributed by atoms with Crippen LogP contribution in [0.4, 0.5) is 4.79 Å². The number of hydrogen-bond acceptors (Lipinski definition) is 4. The van der Waals surface area contributed by atoms with Crippen LogP contribution >= 0.6 is 0 Å². The predicted molar refractivity (Wildman–Crippen MR) is 195 cm³/mol. The van der Waals surface area contributed by atoms with Gasteiger partial charge in [0.15, 0.2) is 0 Å². The lowest BCUT2D eigenvalue weighted by atomic mass is 9.55. The Balaban J connectivity index is 1.48. The maximum atomic E-state index is 13.2. The van der Waals surface area contributed by atoms with E-state index >= 15 is 0 Å². The van der Waals surface area contributed by atoms with Crippen LogP contribution in [-0.2, 0) is 28.2 Å². The van der Waals surface area contributed by atoms with E-state index in [2.05, 4.69) is 60.7 Å². The Morgan fingerprint density at radius 3 is 1.74 bits per heavy atom. The van der Waals surface area contributed by atoms with E-state index in [0.717, 1.165) is 50.4 Å². The molecule has 0 saturated carbocycles. The molecule has 4 unspecified atom stereocenters. The number of carboxylic acid groups (broad SMARTS) is 1. The number of aldehydes is 1. The van der Waals surface area contributed by atoms with Crippen LogP contribution in [0.2, 0.25) is 0 Å². The summed E-state index contributed by atoms with van der Waals surface area (Å²) in [6.07, 6.45) is -1.30. The van der Waals surface area contributed by atoms with Crippen molar-refractivity contribution in [3.8, 4) is 0 Å². The Labute approximate surface area is 292 Å². The van der Waals surface area contributed by atoms with Crippen LogP contribution in [0.25, 0.3) is 10.8 Å². The number of fused-ring (bicyclic) bond motifs is 1. The number of aliphatic hydroxyl groups is 1. The lowest BCUT2D eigenvalue weighted by Gasteiger charge is -2.54. The maximum Gasteiger partial charge on any atom is 0.408 e. The monoisotopic (exact) mass is 661 g/mol. The smallest absolute Gasteiger partial charge is 0.408 e.